The molecule has 0 saturated carbocycles. The van der Waals surface area contributed by atoms with E-state index in [0.29, 0.717) is 11.8 Å². The summed E-state index contributed by atoms with van der Waals surface area (Å²) in [4.78, 5) is 8.49. The molecule has 0 aliphatic carbocycles. The maximum atomic E-state index is 5.86. The lowest BCUT2D eigenvalue weighted by atomic mass is 10.2. The van der Waals surface area contributed by atoms with Crippen molar-refractivity contribution in [2.45, 2.75) is 32.8 Å². The molecule has 78 valence electrons. The molecule has 0 unspecified atom stereocenters. The predicted octanol–water partition coefficient (Wildman–Crippen LogP) is 2.62. The van der Waals surface area contributed by atoms with Crippen LogP contribution >= 0.6 is 11.6 Å². The molecule has 1 heterocycles. The monoisotopic (exact) mass is 214 g/mol. The van der Waals surface area contributed by atoms with E-state index in [9.17, 15) is 0 Å². The van der Waals surface area contributed by atoms with Gasteiger partial charge in [0, 0.05) is 13.5 Å². The topological polar surface area (TPSA) is 35.0 Å². The van der Waals surface area contributed by atoms with E-state index in [1.165, 1.54) is 0 Å². The number of hydrogen-bond donors (Lipinski definition) is 0. The molecule has 1 aromatic rings. The smallest absolute Gasteiger partial charge is 0.133 e. The first-order valence-electron chi connectivity index (χ1n) is 4.77. The van der Waals surface area contributed by atoms with E-state index in [2.05, 4.69) is 16.9 Å². The summed E-state index contributed by atoms with van der Waals surface area (Å²) in [6, 6.07) is 1.74. The van der Waals surface area contributed by atoms with Gasteiger partial charge in [-0.25, -0.2) is 9.97 Å². The minimum Gasteiger partial charge on any atom is -0.378 e. The highest BCUT2D eigenvalue weighted by atomic mass is 35.5. The highest BCUT2D eigenvalue weighted by Gasteiger charge is 2.02. The predicted molar refractivity (Wildman–Crippen MR) is 56.4 cm³/mol. The van der Waals surface area contributed by atoms with Crippen molar-refractivity contribution in [2.24, 2.45) is 0 Å². The van der Waals surface area contributed by atoms with Crippen LogP contribution in [-0.2, 0) is 17.8 Å². The Morgan fingerprint density at radius 2 is 2.21 bits per heavy atom. The summed E-state index contributed by atoms with van der Waals surface area (Å²) >= 11 is 5.86. The van der Waals surface area contributed by atoms with Gasteiger partial charge >= 0.3 is 0 Å². The Balaban J connectivity index is 2.73. The lowest BCUT2D eigenvalue weighted by Gasteiger charge is -2.03. The van der Waals surface area contributed by atoms with Crippen molar-refractivity contribution in [3.63, 3.8) is 0 Å². The first-order chi connectivity index (χ1) is 6.76. The van der Waals surface area contributed by atoms with Crippen molar-refractivity contribution in [3.8, 4) is 0 Å². The molecule has 0 N–H and O–H groups in total. The third kappa shape index (κ3) is 3.60. The molecule has 0 aliphatic heterocycles. The number of unbranched alkanes of at least 4 members (excludes halogenated alkanes) is 1. The van der Waals surface area contributed by atoms with Crippen LogP contribution in [0.25, 0.3) is 0 Å². The van der Waals surface area contributed by atoms with Crippen LogP contribution in [0, 0.1) is 0 Å². The summed E-state index contributed by atoms with van der Waals surface area (Å²) in [6.07, 6.45) is 3.11. The molecule has 0 bridgehead atoms. The molecule has 0 radical (unpaired) electrons. The maximum Gasteiger partial charge on any atom is 0.133 e. The molecule has 0 amide bonds. The van der Waals surface area contributed by atoms with E-state index in [0.717, 1.165) is 30.8 Å². The summed E-state index contributed by atoms with van der Waals surface area (Å²) in [5.74, 6) is 0.811. The van der Waals surface area contributed by atoms with Crippen LogP contribution in [0.3, 0.4) is 0 Å². The average Bonchev–Trinajstić information content (AvgIpc) is 2.14. The van der Waals surface area contributed by atoms with Crippen LogP contribution in [0.4, 0.5) is 0 Å². The second-order valence-corrected chi connectivity index (χ2v) is 3.52. The number of methoxy groups -OCH3 is 1. The van der Waals surface area contributed by atoms with Gasteiger partial charge in [0.1, 0.15) is 11.0 Å². The zero-order valence-corrected chi connectivity index (χ0v) is 9.34. The average molecular weight is 215 g/mol. The van der Waals surface area contributed by atoms with Gasteiger partial charge in [0.25, 0.3) is 0 Å². The first kappa shape index (κ1) is 11.4. The van der Waals surface area contributed by atoms with Gasteiger partial charge in [-0.15, -0.1) is 0 Å². The second-order valence-electron chi connectivity index (χ2n) is 3.13. The third-order valence-corrected chi connectivity index (χ3v) is 2.03. The van der Waals surface area contributed by atoms with Crippen LogP contribution in [-0.4, -0.2) is 17.1 Å². The Labute approximate surface area is 89.5 Å². The van der Waals surface area contributed by atoms with Gasteiger partial charge in [-0.05, 0) is 12.5 Å². The number of hydrogen-bond acceptors (Lipinski definition) is 3. The fourth-order valence-electron chi connectivity index (χ4n) is 1.18. The second kappa shape index (κ2) is 5.94. The molecular weight excluding hydrogens is 200 g/mol. The molecule has 1 aromatic heterocycles. The molecule has 0 atom stereocenters. The minimum atomic E-state index is 0.487. The molecule has 0 aliphatic rings. The molecule has 4 heteroatoms. The number of nitrogens with zero attached hydrogens (tertiary/aromatic N) is 2. The Morgan fingerprint density at radius 1 is 1.43 bits per heavy atom. The highest BCUT2D eigenvalue weighted by molar-refractivity contribution is 6.29. The van der Waals surface area contributed by atoms with Gasteiger partial charge in [-0.2, -0.15) is 0 Å². The molecule has 14 heavy (non-hydrogen) atoms. The van der Waals surface area contributed by atoms with Crippen LogP contribution < -0.4 is 0 Å². The quantitative estimate of drug-likeness (QED) is 0.707. The molecular formula is C10H15ClN2O. The molecule has 0 fully saturated rings. The van der Waals surface area contributed by atoms with Crippen LogP contribution in [0.1, 0.15) is 31.3 Å². The number of rotatable bonds is 5. The van der Waals surface area contributed by atoms with Crippen LogP contribution in [0.5, 0.6) is 0 Å². The van der Waals surface area contributed by atoms with Gasteiger partial charge < -0.3 is 4.74 Å². The normalized spacial score (nSPS) is 10.5. The summed E-state index contributed by atoms with van der Waals surface area (Å²) in [5.41, 5.74) is 0.846. The molecule has 0 spiro atoms. The Kier molecular flexibility index (Phi) is 4.84. The van der Waals surface area contributed by atoms with Gasteiger partial charge in [-0.3, -0.25) is 0 Å². The van der Waals surface area contributed by atoms with Crippen molar-refractivity contribution < 1.29 is 4.74 Å². The highest BCUT2D eigenvalue weighted by Crippen LogP contribution is 2.09. The van der Waals surface area contributed by atoms with E-state index in [1.807, 2.05) is 0 Å². The SMILES string of the molecule is CCCCc1nc(Cl)cc(COC)n1. The van der Waals surface area contributed by atoms with Crippen LogP contribution in [0.2, 0.25) is 5.15 Å². The zero-order valence-electron chi connectivity index (χ0n) is 8.59. The van der Waals surface area contributed by atoms with Crippen molar-refractivity contribution >= 4 is 11.6 Å². The van der Waals surface area contributed by atoms with E-state index < -0.39 is 0 Å². The minimum absolute atomic E-state index is 0.487. The fraction of sp³-hybridized carbons (Fsp3) is 0.600. The molecule has 1 rings (SSSR count). The Hall–Kier alpha value is -0.670. The lowest BCUT2D eigenvalue weighted by molar-refractivity contribution is 0.181. The van der Waals surface area contributed by atoms with Crippen LogP contribution in [0.15, 0.2) is 6.07 Å². The van der Waals surface area contributed by atoms with E-state index in [-0.39, 0.29) is 0 Å². The van der Waals surface area contributed by atoms with E-state index in [1.54, 1.807) is 13.2 Å². The summed E-state index contributed by atoms with van der Waals surface area (Å²) in [5, 5.41) is 0.498. The van der Waals surface area contributed by atoms with Crippen molar-refractivity contribution in [2.75, 3.05) is 7.11 Å². The maximum absolute atomic E-state index is 5.86. The molecule has 3 nitrogen and oxygen atoms in total. The lowest BCUT2D eigenvalue weighted by Crippen LogP contribution is -2.01. The van der Waals surface area contributed by atoms with E-state index >= 15 is 0 Å². The van der Waals surface area contributed by atoms with Gasteiger partial charge in [0.2, 0.25) is 0 Å². The Bertz CT molecular complexity index is 291. The standard InChI is InChI=1S/C10H15ClN2O/c1-3-4-5-10-12-8(7-14-2)6-9(11)13-10/h6H,3-5,7H2,1-2H3. The van der Waals surface area contributed by atoms with Gasteiger partial charge in [0.05, 0.1) is 12.3 Å². The van der Waals surface area contributed by atoms with Crippen molar-refractivity contribution in [1.29, 1.82) is 0 Å². The van der Waals surface area contributed by atoms with Gasteiger partial charge in [-0.1, -0.05) is 24.9 Å². The first-order valence-corrected chi connectivity index (χ1v) is 5.15. The number of aryl methyl sites for hydroxylation is 1. The summed E-state index contributed by atoms with van der Waals surface area (Å²) in [6.45, 7) is 2.63. The number of halogens is 1. The largest absolute Gasteiger partial charge is 0.378 e. The molecule has 0 saturated heterocycles. The van der Waals surface area contributed by atoms with Crippen molar-refractivity contribution in [1.82, 2.24) is 9.97 Å². The summed E-state index contributed by atoms with van der Waals surface area (Å²) in [7, 11) is 1.64. The fourth-order valence-corrected chi connectivity index (χ4v) is 1.41. The third-order valence-electron chi connectivity index (χ3n) is 1.84. The summed E-state index contributed by atoms with van der Waals surface area (Å²) < 4.78 is 4.99. The van der Waals surface area contributed by atoms with Gasteiger partial charge in [0.15, 0.2) is 0 Å². The van der Waals surface area contributed by atoms with Crippen molar-refractivity contribution in [3.05, 3.63) is 22.7 Å². The number of aromatic nitrogens is 2. The number of ether oxygens (including phenoxy) is 1. The zero-order chi connectivity index (χ0) is 10.4. The van der Waals surface area contributed by atoms with E-state index in [4.69, 9.17) is 16.3 Å². The Morgan fingerprint density at radius 3 is 2.86 bits per heavy atom. The molecule has 0 aromatic carbocycles.